The van der Waals surface area contributed by atoms with E-state index in [1.54, 1.807) is 12.1 Å². The third-order valence-electron chi connectivity index (χ3n) is 1.65. The zero-order chi connectivity index (χ0) is 10.6. The van der Waals surface area contributed by atoms with Gasteiger partial charge < -0.3 is 0 Å². The van der Waals surface area contributed by atoms with Gasteiger partial charge in [-0.25, -0.2) is 5.90 Å². The lowest BCUT2D eigenvalue weighted by Crippen LogP contribution is -2.11. The average Bonchev–Trinajstić information content (AvgIpc) is 2.02. The third-order valence-corrected chi connectivity index (χ3v) is 1.65. The highest BCUT2D eigenvalue weighted by Crippen LogP contribution is 2.21. The molecule has 14 heavy (non-hydrogen) atoms. The summed E-state index contributed by atoms with van der Waals surface area (Å²) in [4.78, 5) is 4.33. The average molecular weight is 205 g/mol. The highest BCUT2D eigenvalue weighted by atomic mass is 19.4. The minimum absolute atomic E-state index is 0.117. The number of nitrogens with two attached hydrogens (primary N) is 1. The first-order valence-corrected chi connectivity index (χ1v) is 3.97. The summed E-state index contributed by atoms with van der Waals surface area (Å²) in [6, 6.07) is 6.07. The quantitative estimate of drug-likeness (QED) is 0.767. The van der Waals surface area contributed by atoms with Crippen LogP contribution in [-0.2, 0) is 17.9 Å². The summed E-state index contributed by atoms with van der Waals surface area (Å²) >= 11 is 0. The summed E-state index contributed by atoms with van der Waals surface area (Å²) in [6.07, 6.45) is -5.10. The van der Waals surface area contributed by atoms with Crippen LogP contribution < -0.4 is 5.90 Å². The molecule has 0 atom stereocenters. The first-order valence-electron chi connectivity index (χ1n) is 3.97. The van der Waals surface area contributed by atoms with Gasteiger partial charge in [0.15, 0.2) is 0 Å². The van der Waals surface area contributed by atoms with Gasteiger partial charge in [0.1, 0.15) is 0 Å². The predicted octanol–water partition coefficient (Wildman–Crippen LogP) is 2.18. The van der Waals surface area contributed by atoms with E-state index in [1.165, 1.54) is 12.1 Å². The van der Waals surface area contributed by atoms with Gasteiger partial charge in [-0.05, 0) is 11.1 Å². The van der Waals surface area contributed by atoms with Crippen LogP contribution in [-0.4, -0.2) is 6.18 Å². The molecule has 0 fully saturated rings. The molecule has 0 saturated heterocycles. The molecule has 2 N–H and O–H groups in total. The van der Waals surface area contributed by atoms with Gasteiger partial charge in [-0.3, -0.25) is 4.84 Å². The molecule has 0 aliphatic heterocycles. The van der Waals surface area contributed by atoms with Crippen molar-refractivity contribution in [3.8, 4) is 0 Å². The number of hydrogen-bond acceptors (Lipinski definition) is 2. The van der Waals surface area contributed by atoms with Crippen molar-refractivity contribution >= 4 is 0 Å². The van der Waals surface area contributed by atoms with E-state index in [2.05, 4.69) is 4.84 Å². The zero-order valence-electron chi connectivity index (χ0n) is 7.34. The van der Waals surface area contributed by atoms with Crippen molar-refractivity contribution in [1.29, 1.82) is 0 Å². The van der Waals surface area contributed by atoms with Gasteiger partial charge in [0.05, 0.1) is 13.0 Å². The van der Waals surface area contributed by atoms with Crippen LogP contribution in [0.2, 0.25) is 0 Å². The normalized spacial score (nSPS) is 11.7. The van der Waals surface area contributed by atoms with E-state index in [0.29, 0.717) is 5.56 Å². The van der Waals surface area contributed by atoms with Crippen LogP contribution >= 0.6 is 0 Å². The number of halogens is 3. The Morgan fingerprint density at radius 1 is 1.21 bits per heavy atom. The molecule has 78 valence electrons. The maximum atomic E-state index is 12.0. The van der Waals surface area contributed by atoms with Gasteiger partial charge >= 0.3 is 6.18 Å². The lowest BCUT2D eigenvalue weighted by Gasteiger charge is -2.07. The van der Waals surface area contributed by atoms with Gasteiger partial charge in [0, 0.05) is 0 Å². The monoisotopic (exact) mass is 205 g/mol. The van der Waals surface area contributed by atoms with Crippen molar-refractivity contribution in [2.75, 3.05) is 0 Å². The Labute approximate surface area is 79.4 Å². The summed E-state index contributed by atoms with van der Waals surface area (Å²) in [5.41, 5.74) is 0.848. The Morgan fingerprint density at radius 3 is 2.43 bits per heavy atom. The zero-order valence-corrected chi connectivity index (χ0v) is 7.34. The second kappa shape index (κ2) is 4.43. The highest BCUT2D eigenvalue weighted by Gasteiger charge is 2.27. The summed E-state index contributed by atoms with van der Waals surface area (Å²) in [5.74, 6) is 4.82. The SMILES string of the molecule is NOCc1cccc(CC(F)(F)F)c1. The number of hydrogen-bond donors (Lipinski definition) is 1. The molecule has 1 aromatic carbocycles. The lowest BCUT2D eigenvalue weighted by molar-refractivity contribution is -0.127. The van der Waals surface area contributed by atoms with Crippen LogP contribution in [0.25, 0.3) is 0 Å². The summed E-state index contributed by atoms with van der Waals surface area (Å²) < 4.78 is 36.0. The molecule has 0 aromatic heterocycles. The molecule has 0 spiro atoms. The molecule has 0 heterocycles. The van der Waals surface area contributed by atoms with Crippen molar-refractivity contribution in [1.82, 2.24) is 0 Å². The van der Waals surface area contributed by atoms with Gasteiger partial charge in [-0.15, -0.1) is 0 Å². The van der Waals surface area contributed by atoms with Gasteiger partial charge in [0.25, 0.3) is 0 Å². The fourth-order valence-corrected chi connectivity index (χ4v) is 1.16. The molecule has 0 radical (unpaired) electrons. The van der Waals surface area contributed by atoms with Crippen molar-refractivity contribution in [3.63, 3.8) is 0 Å². The van der Waals surface area contributed by atoms with Crippen LogP contribution in [0, 0.1) is 0 Å². The smallest absolute Gasteiger partial charge is 0.300 e. The fraction of sp³-hybridized carbons (Fsp3) is 0.333. The maximum Gasteiger partial charge on any atom is 0.393 e. The predicted molar refractivity (Wildman–Crippen MR) is 45.2 cm³/mol. The number of alkyl halides is 3. The Bertz CT molecular complexity index is 298. The number of rotatable bonds is 3. The summed E-state index contributed by atoms with van der Waals surface area (Å²) in [7, 11) is 0. The van der Waals surface area contributed by atoms with Crippen LogP contribution in [0.15, 0.2) is 24.3 Å². The van der Waals surface area contributed by atoms with Crippen LogP contribution in [0.1, 0.15) is 11.1 Å². The van der Waals surface area contributed by atoms with Gasteiger partial charge in [0.2, 0.25) is 0 Å². The molecule has 1 rings (SSSR count). The largest absolute Gasteiger partial charge is 0.393 e. The standard InChI is InChI=1S/C9H10F3NO/c10-9(11,12)5-7-2-1-3-8(4-7)6-14-13/h1-4H,5-6,13H2. The molecule has 5 heteroatoms. The van der Waals surface area contributed by atoms with Crippen LogP contribution in [0.4, 0.5) is 13.2 Å². The van der Waals surface area contributed by atoms with Crippen molar-refractivity contribution in [2.24, 2.45) is 5.90 Å². The third kappa shape index (κ3) is 3.76. The minimum atomic E-state index is -4.18. The summed E-state index contributed by atoms with van der Waals surface area (Å²) in [6.45, 7) is 0.117. The molecule has 2 nitrogen and oxygen atoms in total. The Morgan fingerprint density at radius 2 is 1.86 bits per heavy atom. The summed E-state index contributed by atoms with van der Waals surface area (Å²) in [5, 5.41) is 0. The first kappa shape index (κ1) is 11.0. The van der Waals surface area contributed by atoms with E-state index in [1.807, 2.05) is 0 Å². The molecule has 0 aliphatic rings. The second-order valence-electron chi connectivity index (χ2n) is 2.92. The van der Waals surface area contributed by atoms with E-state index >= 15 is 0 Å². The molecule has 0 unspecified atom stereocenters. The first-order chi connectivity index (χ1) is 6.51. The van der Waals surface area contributed by atoms with Crippen LogP contribution in [0.3, 0.4) is 0 Å². The second-order valence-corrected chi connectivity index (χ2v) is 2.92. The number of benzene rings is 1. The molecule has 0 amide bonds. The van der Waals surface area contributed by atoms with E-state index in [4.69, 9.17) is 5.90 Å². The van der Waals surface area contributed by atoms with E-state index in [0.717, 1.165) is 0 Å². The highest BCUT2D eigenvalue weighted by molar-refractivity contribution is 5.23. The molecular weight excluding hydrogens is 195 g/mol. The Balaban J connectivity index is 2.73. The minimum Gasteiger partial charge on any atom is -0.300 e. The Hall–Kier alpha value is -1.07. The molecule has 0 aliphatic carbocycles. The molecule has 0 saturated carbocycles. The maximum absolute atomic E-state index is 12.0. The van der Waals surface area contributed by atoms with Crippen molar-refractivity contribution in [3.05, 3.63) is 35.4 Å². The molecule has 0 bridgehead atoms. The van der Waals surface area contributed by atoms with Gasteiger partial charge in [-0.1, -0.05) is 24.3 Å². The van der Waals surface area contributed by atoms with Gasteiger partial charge in [-0.2, -0.15) is 13.2 Å². The fourth-order valence-electron chi connectivity index (χ4n) is 1.16. The topological polar surface area (TPSA) is 35.2 Å². The molecule has 1 aromatic rings. The lowest BCUT2D eigenvalue weighted by atomic mass is 10.1. The van der Waals surface area contributed by atoms with Crippen LogP contribution in [0.5, 0.6) is 0 Å². The van der Waals surface area contributed by atoms with Crippen molar-refractivity contribution < 1.29 is 18.0 Å². The van der Waals surface area contributed by atoms with E-state index in [-0.39, 0.29) is 12.2 Å². The van der Waals surface area contributed by atoms with E-state index < -0.39 is 12.6 Å². The van der Waals surface area contributed by atoms with Crippen molar-refractivity contribution in [2.45, 2.75) is 19.2 Å². The Kier molecular flexibility index (Phi) is 3.49. The van der Waals surface area contributed by atoms with E-state index in [9.17, 15) is 13.2 Å². The molecular formula is C9H10F3NO.